The Morgan fingerprint density at radius 1 is 1.20 bits per heavy atom. The van der Waals surface area contributed by atoms with Crippen LogP contribution < -0.4 is 11.1 Å². The number of nitrogens with two attached hydrogens (primary N) is 1. The van der Waals surface area contributed by atoms with Crippen molar-refractivity contribution in [2.24, 2.45) is 0 Å². The summed E-state index contributed by atoms with van der Waals surface area (Å²) in [4.78, 5) is 12.7. The van der Waals surface area contributed by atoms with Gasteiger partial charge in [0, 0.05) is 25.2 Å². The first kappa shape index (κ1) is 25.9. The highest BCUT2D eigenvalue weighted by Gasteiger charge is 2.22. The third-order valence-corrected chi connectivity index (χ3v) is 7.54. The first-order valence-electron chi connectivity index (χ1n) is 11.1. The van der Waals surface area contributed by atoms with Crippen LogP contribution in [-0.2, 0) is 16.4 Å². The van der Waals surface area contributed by atoms with Gasteiger partial charge in [0.2, 0.25) is 10.0 Å². The molecule has 0 radical (unpaired) electrons. The molecule has 1 heterocycles. The van der Waals surface area contributed by atoms with Crippen LogP contribution in [0.1, 0.15) is 41.9 Å². The van der Waals surface area contributed by atoms with Gasteiger partial charge in [-0.15, -0.1) is 0 Å². The van der Waals surface area contributed by atoms with Gasteiger partial charge in [-0.1, -0.05) is 19.9 Å². The summed E-state index contributed by atoms with van der Waals surface area (Å²) >= 11 is 0. The fourth-order valence-corrected chi connectivity index (χ4v) is 5.13. The van der Waals surface area contributed by atoms with Gasteiger partial charge in [0.05, 0.1) is 16.3 Å². The molecule has 0 aliphatic carbocycles. The second-order valence-corrected chi connectivity index (χ2v) is 9.62. The maximum absolute atomic E-state index is 13.2. The maximum Gasteiger partial charge on any atom is 0.251 e. The van der Waals surface area contributed by atoms with Crippen LogP contribution in [0.15, 0.2) is 53.4 Å². The van der Waals surface area contributed by atoms with E-state index in [2.05, 4.69) is 10.4 Å². The minimum Gasteiger partial charge on any atom is -0.382 e. The smallest absolute Gasteiger partial charge is 0.251 e. The molecule has 184 valence electrons. The lowest BCUT2D eigenvalue weighted by atomic mass is 10.1. The molecule has 0 saturated carbocycles. The van der Waals surface area contributed by atoms with E-state index in [9.17, 15) is 22.9 Å². The minimum absolute atomic E-state index is 0.0642. The SMILES string of the molecule is CCN(CC)S(=O)(=O)c1cccc(C(=O)NCCCc2nn(-c3ccc(F)cc3)c(N)c2C#N)c1. The number of hydrogen-bond acceptors (Lipinski definition) is 6. The zero-order chi connectivity index (χ0) is 25.6. The van der Waals surface area contributed by atoms with Crippen LogP contribution in [0.25, 0.3) is 5.69 Å². The summed E-state index contributed by atoms with van der Waals surface area (Å²) in [5.74, 6) is -0.644. The minimum atomic E-state index is -3.67. The Labute approximate surface area is 204 Å². The topological polar surface area (TPSA) is 134 Å². The standard InChI is InChI=1S/C24H27FN6O3S/c1-3-30(4-2)35(33,34)20-8-5-7-17(15-20)24(32)28-14-6-9-22-21(16-26)23(27)31(29-22)19-12-10-18(25)11-13-19/h5,7-8,10-13,15H,3-4,6,9,14,27H2,1-2H3,(H,28,32). The number of anilines is 1. The van der Waals surface area contributed by atoms with Crippen LogP contribution in [0.3, 0.4) is 0 Å². The van der Waals surface area contributed by atoms with Gasteiger partial charge < -0.3 is 11.1 Å². The van der Waals surface area contributed by atoms with Gasteiger partial charge in [0.1, 0.15) is 23.3 Å². The largest absolute Gasteiger partial charge is 0.382 e. The average molecular weight is 499 g/mol. The summed E-state index contributed by atoms with van der Waals surface area (Å²) in [6.07, 6.45) is 0.843. The summed E-state index contributed by atoms with van der Waals surface area (Å²) < 4.78 is 41.4. The molecule has 2 aromatic carbocycles. The highest BCUT2D eigenvalue weighted by atomic mass is 32.2. The Hall–Kier alpha value is -3.75. The Morgan fingerprint density at radius 2 is 1.89 bits per heavy atom. The molecule has 0 aliphatic heterocycles. The number of rotatable bonds is 10. The number of aromatic nitrogens is 2. The Bertz CT molecular complexity index is 1340. The monoisotopic (exact) mass is 498 g/mol. The Balaban J connectivity index is 1.65. The quantitative estimate of drug-likeness (QED) is 0.413. The van der Waals surface area contributed by atoms with Crippen molar-refractivity contribution in [1.29, 1.82) is 5.26 Å². The van der Waals surface area contributed by atoms with Gasteiger partial charge in [0.15, 0.2) is 0 Å². The molecule has 35 heavy (non-hydrogen) atoms. The molecule has 0 bridgehead atoms. The van der Waals surface area contributed by atoms with E-state index >= 15 is 0 Å². The third kappa shape index (κ3) is 5.67. The first-order valence-corrected chi connectivity index (χ1v) is 12.6. The van der Waals surface area contributed by atoms with Crippen molar-refractivity contribution < 1.29 is 17.6 Å². The highest BCUT2D eigenvalue weighted by Crippen LogP contribution is 2.22. The molecule has 11 heteroatoms. The van der Waals surface area contributed by atoms with Crippen LogP contribution in [0.5, 0.6) is 0 Å². The number of nitrogens with one attached hydrogen (secondary N) is 1. The van der Waals surface area contributed by atoms with Crippen LogP contribution in [0.2, 0.25) is 0 Å². The van der Waals surface area contributed by atoms with Crippen LogP contribution >= 0.6 is 0 Å². The van der Waals surface area contributed by atoms with Gasteiger partial charge in [-0.2, -0.15) is 14.7 Å². The number of halogens is 1. The lowest BCUT2D eigenvalue weighted by Gasteiger charge is -2.18. The van der Waals surface area contributed by atoms with Crippen LogP contribution in [0, 0.1) is 17.1 Å². The number of carbonyl (C=O) groups is 1. The van der Waals surface area contributed by atoms with E-state index < -0.39 is 21.7 Å². The van der Waals surface area contributed by atoms with Crippen molar-refractivity contribution >= 4 is 21.7 Å². The zero-order valence-electron chi connectivity index (χ0n) is 19.5. The number of benzene rings is 2. The van der Waals surface area contributed by atoms with Gasteiger partial charge in [-0.25, -0.2) is 17.5 Å². The molecule has 1 aromatic heterocycles. The number of amides is 1. The molecule has 1 amide bonds. The molecule has 0 fully saturated rings. The molecule has 0 aliphatic rings. The molecule has 3 rings (SSSR count). The summed E-state index contributed by atoms with van der Waals surface area (Å²) in [6, 6.07) is 13.5. The second kappa shape index (κ2) is 11.1. The normalized spacial score (nSPS) is 11.4. The molecule has 0 unspecified atom stereocenters. The second-order valence-electron chi connectivity index (χ2n) is 7.68. The zero-order valence-corrected chi connectivity index (χ0v) is 20.3. The molecule has 9 nitrogen and oxygen atoms in total. The predicted molar refractivity (Wildman–Crippen MR) is 130 cm³/mol. The van der Waals surface area contributed by atoms with E-state index in [1.165, 1.54) is 51.5 Å². The number of nitrogen functional groups attached to an aromatic ring is 1. The van der Waals surface area contributed by atoms with Crippen molar-refractivity contribution in [2.75, 3.05) is 25.4 Å². The molecular weight excluding hydrogens is 471 g/mol. The molecule has 3 N–H and O–H groups in total. The molecule has 0 atom stereocenters. The number of nitrogens with zero attached hydrogens (tertiary/aromatic N) is 4. The van der Waals surface area contributed by atoms with Crippen molar-refractivity contribution in [2.45, 2.75) is 31.6 Å². The Morgan fingerprint density at radius 3 is 2.51 bits per heavy atom. The van der Waals surface area contributed by atoms with Gasteiger partial charge in [-0.3, -0.25) is 4.79 Å². The van der Waals surface area contributed by atoms with Crippen LogP contribution in [0.4, 0.5) is 10.2 Å². The van der Waals surface area contributed by atoms with Gasteiger partial charge in [0.25, 0.3) is 5.91 Å². The highest BCUT2D eigenvalue weighted by molar-refractivity contribution is 7.89. The fourth-order valence-electron chi connectivity index (χ4n) is 3.62. The lowest BCUT2D eigenvalue weighted by Crippen LogP contribution is -2.31. The maximum atomic E-state index is 13.2. The van der Waals surface area contributed by atoms with Crippen molar-refractivity contribution in [3.05, 3.63) is 71.2 Å². The number of carbonyl (C=O) groups excluding carboxylic acids is 1. The molecular formula is C24H27FN6O3S. The first-order chi connectivity index (χ1) is 16.7. The predicted octanol–water partition coefficient (Wildman–Crippen LogP) is 2.86. The van der Waals surface area contributed by atoms with E-state index in [-0.39, 0.29) is 28.4 Å². The van der Waals surface area contributed by atoms with Crippen molar-refractivity contribution in [3.8, 4) is 11.8 Å². The summed E-state index contributed by atoms with van der Waals surface area (Å²) in [5.41, 5.74) is 7.53. The van der Waals surface area contributed by atoms with E-state index in [0.29, 0.717) is 37.3 Å². The van der Waals surface area contributed by atoms with E-state index in [0.717, 1.165) is 0 Å². The Kier molecular flexibility index (Phi) is 8.22. The summed E-state index contributed by atoms with van der Waals surface area (Å²) in [5, 5.41) is 16.7. The summed E-state index contributed by atoms with van der Waals surface area (Å²) in [6.45, 7) is 4.46. The number of sulfonamides is 1. The van der Waals surface area contributed by atoms with E-state index in [4.69, 9.17) is 5.73 Å². The van der Waals surface area contributed by atoms with Crippen molar-refractivity contribution in [3.63, 3.8) is 0 Å². The number of nitriles is 1. The van der Waals surface area contributed by atoms with Crippen molar-refractivity contribution in [1.82, 2.24) is 19.4 Å². The molecule has 3 aromatic rings. The number of hydrogen-bond donors (Lipinski definition) is 2. The van der Waals surface area contributed by atoms with E-state index in [1.807, 2.05) is 6.07 Å². The molecule has 0 saturated heterocycles. The summed E-state index contributed by atoms with van der Waals surface area (Å²) in [7, 11) is -3.67. The third-order valence-electron chi connectivity index (χ3n) is 5.49. The van der Waals surface area contributed by atoms with E-state index in [1.54, 1.807) is 19.9 Å². The van der Waals surface area contributed by atoms with Gasteiger partial charge in [-0.05, 0) is 55.3 Å². The van der Waals surface area contributed by atoms with Gasteiger partial charge >= 0.3 is 0 Å². The fraction of sp³-hybridized carbons (Fsp3) is 0.292. The average Bonchev–Trinajstić information content (AvgIpc) is 3.17. The lowest BCUT2D eigenvalue weighted by molar-refractivity contribution is 0.0953. The van der Waals surface area contributed by atoms with Crippen LogP contribution in [-0.4, -0.2) is 48.0 Å². The molecule has 0 spiro atoms. The number of aryl methyl sites for hydroxylation is 1.